The van der Waals surface area contributed by atoms with Gasteiger partial charge in [-0.2, -0.15) is 5.06 Å². The lowest BCUT2D eigenvalue weighted by molar-refractivity contribution is -0.197. The van der Waals surface area contributed by atoms with Crippen LogP contribution in [0.5, 0.6) is 11.5 Å². The lowest BCUT2D eigenvalue weighted by atomic mass is 10.2. The molecule has 10 heteroatoms. The highest BCUT2D eigenvalue weighted by Crippen LogP contribution is 2.35. The minimum Gasteiger partial charge on any atom is -0.493 e. The highest BCUT2D eigenvalue weighted by atomic mass is 35.5. The molecule has 2 aromatic carbocycles. The van der Waals surface area contributed by atoms with Crippen LogP contribution in [-0.4, -0.2) is 61.7 Å². The first kappa shape index (κ1) is 21.5. The molecule has 0 aliphatic carbocycles. The zero-order valence-corrected chi connectivity index (χ0v) is 17.7. The van der Waals surface area contributed by atoms with Gasteiger partial charge in [-0.3, -0.25) is 4.84 Å². The Morgan fingerprint density at radius 1 is 1.13 bits per heavy atom. The second kappa shape index (κ2) is 10.1. The molecule has 0 saturated carbocycles. The maximum absolute atomic E-state index is 13.5. The monoisotopic (exact) mass is 448 g/mol. The fourth-order valence-corrected chi connectivity index (χ4v) is 3.32. The number of halogens is 2. The van der Waals surface area contributed by atoms with E-state index >= 15 is 0 Å². The molecule has 0 atom stereocenters. The van der Waals surface area contributed by atoms with Crippen LogP contribution in [0.2, 0.25) is 5.02 Å². The highest BCUT2D eigenvalue weighted by Gasteiger charge is 2.14. The maximum atomic E-state index is 13.5. The van der Waals surface area contributed by atoms with Crippen LogP contribution in [0.4, 0.5) is 15.9 Å². The van der Waals surface area contributed by atoms with Crippen LogP contribution in [0.25, 0.3) is 10.9 Å². The van der Waals surface area contributed by atoms with E-state index in [2.05, 4.69) is 15.3 Å². The Kier molecular flexibility index (Phi) is 6.98. The van der Waals surface area contributed by atoms with Gasteiger partial charge in [0, 0.05) is 30.2 Å². The molecule has 3 aromatic rings. The summed E-state index contributed by atoms with van der Waals surface area (Å²) >= 11 is 5.88. The van der Waals surface area contributed by atoms with Crippen molar-refractivity contribution in [3.05, 3.63) is 47.5 Å². The van der Waals surface area contributed by atoms with Gasteiger partial charge in [0.05, 0.1) is 30.9 Å². The first-order valence-corrected chi connectivity index (χ1v) is 10.1. The van der Waals surface area contributed by atoms with E-state index in [0.717, 1.165) is 13.1 Å². The predicted octanol–water partition coefficient (Wildman–Crippen LogP) is 3.82. The van der Waals surface area contributed by atoms with Gasteiger partial charge in [0.25, 0.3) is 0 Å². The molecule has 0 radical (unpaired) electrons. The van der Waals surface area contributed by atoms with Crippen molar-refractivity contribution in [1.29, 1.82) is 0 Å². The lowest BCUT2D eigenvalue weighted by Gasteiger charge is -2.25. The molecule has 8 nitrogen and oxygen atoms in total. The van der Waals surface area contributed by atoms with E-state index in [1.54, 1.807) is 25.3 Å². The number of hydrogen-bond acceptors (Lipinski definition) is 8. The Morgan fingerprint density at radius 2 is 1.97 bits per heavy atom. The number of rotatable bonds is 8. The summed E-state index contributed by atoms with van der Waals surface area (Å²) in [5.74, 6) is 1.13. The second-order valence-electron chi connectivity index (χ2n) is 6.72. The summed E-state index contributed by atoms with van der Waals surface area (Å²) in [6.07, 6.45) is 1.44. The minimum absolute atomic E-state index is 0.0225. The summed E-state index contributed by atoms with van der Waals surface area (Å²) in [5, 5.41) is 5.76. The van der Waals surface area contributed by atoms with Crippen molar-refractivity contribution in [3.8, 4) is 11.5 Å². The smallest absolute Gasteiger partial charge is 0.162 e. The number of ether oxygens (including phenoxy) is 3. The van der Waals surface area contributed by atoms with Crippen molar-refractivity contribution < 1.29 is 23.4 Å². The molecule has 164 valence electrons. The molecule has 1 N–H and O–H groups in total. The molecule has 1 saturated heterocycles. The van der Waals surface area contributed by atoms with E-state index in [9.17, 15) is 4.39 Å². The van der Waals surface area contributed by atoms with Crippen LogP contribution in [0.3, 0.4) is 0 Å². The minimum atomic E-state index is -0.487. The number of benzene rings is 2. The van der Waals surface area contributed by atoms with E-state index in [0.29, 0.717) is 60.3 Å². The first-order valence-electron chi connectivity index (χ1n) is 9.77. The summed E-state index contributed by atoms with van der Waals surface area (Å²) in [6.45, 7) is 3.52. The van der Waals surface area contributed by atoms with Gasteiger partial charge < -0.3 is 19.5 Å². The Labute approximate surface area is 183 Å². The molecule has 0 bridgehead atoms. The normalized spacial score (nSPS) is 14.5. The number of nitrogens with one attached hydrogen (secondary N) is 1. The van der Waals surface area contributed by atoms with Gasteiger partial charge in [0.1, 0.15) is 31.2 Å². The Balaban J connectivity index is 1.51. The molecular formula is C21H22ClFN4O4. The zero-order valence-electron chi connectivity index (χ0n) is 16.9. The van der Waals surface area contributed by atoms with Gasteiger partial charge in [0.15, 0.2) is 11.5 Å². The zero-order chi connectivity index (χ0) is 21.6. The van der Waals surface area contributed by atoms with Crippen LogP contribution in [-0.2, 0) is 9.57 Å². The second-order valence-corrected chi connectivity index (χ2v) is 7.13. The van der Waals surface area contributed by atoms with E-state index in [1.807, 2.05) is 5.06 Å². The number of methoxy groups -OCH3 is 1. The summed E-state index contributed by atoms with van der Waals surface area (Å²) in [4.78, 5) is 14.3. The fourth-order valence-electron chi connectivity index (χ4n) is 3.14. The standard InChI is InChI=1S/C21H22ClFN4O4/c1-28-19-12-18-15(11-20(19)30-8-9-31-27-4-6-29-7-5-27)21(25-13-24-18)26-14-2-3-17(23)16(22)10-14/h2-3,10-13H,4-9H2,1H3,(H,24,25,26). The number of nitrogens with zero attached hydrogens (tertiary/aromatic N) is 3. The van der Waals surface area contributed by atoms with E-state index in [-0.39, 0.29) is 5.02 Å². The quantitative estimate of drug-likeness (QED) is 0.521. The molecular weight excluding hydrogens is 427 g/mol. The van der Waals surface area contributed by atoms with Crippen LogP contribution in [0, 0.1) is 5.82 Å². The van der Waals surface area contributed by atoms with Gasteiger partial charge in [-0.25, -0.2) is 14.4 Å². The molecule has 31 heavy (non-hydrogen) atoms. The molecule has 1 aliphatic rings. The van der Waals surface area contributed by atoms with Gasteiger partial charge in [-0.1, -0.05) is 11.6 Å². The van der Waals surface area contributed by atoms with E-state index < -0.39 is 5.82 Å². The lowest BCUT2D eigenvalue weighted by Crippen LogP contribution is -2.37. The Morgan fingerprint density at radius 3 is 2.74 bits per heavy atom. The molecule has 4 rings (SSSR count). The fraction of sp³-hybridized carbons (Fsp3) is 0.333. The maximum Gasteiger partial charge on any atom is 0.162 e. The van der Waals surface area contributed by atoms with Crippen molar-refractivity contribution >= 4 is 34.0 Å². The van der Waals surface area contributed by atoms with Gasteiger partial charge in [-0.05, 0) is 24.3 Å². The van der Waals surface area contributed by atoms with E-state index in [1.165, 1.54) is 18.5 Å². The molecule has 0 unspecified atom stereocenters. The summed E-state index contributed by atoms with van der Waals surface area (Å²) in [6, 6.07) is 7.95. The topological polar surface area (TPSA) is 78.0 Å². The third-order valence-corrected chi connectivity index (χ3v) is 4.98. The van der Waals surface area contributed by atoms with E-state index in [4.69, 9.17) is 30.6 Å². The van der Waals surface area contributed by atoms with Crippen LogP contribution in [0.1, 0.15) is 0 Å². The number of hydrogen-bond donors (Lipinski definition) is 1. The third-order valence-electron chi connectivity index (χ3n) is 4.69. The van der Waals surface area contributed by atoms with Crippen LogP contribution >= 0.6 is 11.6 Å². The highest BCUT2D eigenvalue weighted by molar-refractivity contribution is 6.31. The average molecular weight is 449 g/mol. The van der Waals surface area contributed by atoms with Crippen molar-refractivity contribution in [2.24, 2.45) is 0 Å². The number of aromatic nitrogens is 2. The number of fused-ring (bicyclic) bond motifs is 1. The molecule has 0 amide bonds. The molecule has 0 spiro atoms. The summed E-state index contributed by atoms with van der Waals surface area (Å²) in [5.41, 5.74) is 1.27. The SMILES string of the molecule is COc1cc2ncnc(Nc3ccc(F)c(Cl)c3)c2cc1OCCON1CCOCC1. The Bertz CT molecular complexity index is 1050. The van der Waals surface area contributed by atoms with Crippen molar-refractivity contribution in [2.75, 3.05) is 51.9 Å². The first-order chi connectivity index (χ1) is 15.1. The Hall–Kier alpha value is -2.72. The number of hydroxylamine groups is 2. The summed E-state index contributed by atoms with van der Waals surface area (Å²) < 4.78 is 30.1. The number of morpholine rings is 1. The van der Waals surface area contributed by atoms with Crippen LogP contribution < -0.4 is 14.8 Å². The largest absolute Gasteiger partial charge is 0.493 e. The van der Waals surface area contributed by atoms with Crippen molar-refractivity contribution in [3.63, 3.8) is 0 Å². The molecule has 2 heterocycles. The van der Waals surface area contributed by atoms with Gasteiger partial charge in [-0.15, -0.1) is 0 Å². The van der Waals surface area contributed by atoms with Gasteiger partial charge >= 0.3 is 0 Å². The predicted molar refractivity (Wildman–Crippen MR) is 115 cm³/mol. The van der Waals surface area contributed by atoms with Crippen molar-refractivity contribution in [1.82, 2.24) is 15.0 Å². The van der Waals surface area contributed by atoms with Crippen LogP contribution in [0.15, 0.2) is 36.7 Å². The molecule has 1 fully saturated rings. The third kappa shape index (κ3) is 5.31. The average Bonchev–Trinajstić information content (AvgIpc) is 2.79. The molecule has 1 aliphatic heterocycles. The summed E-state index contributed by atoms with van der Waals surface area (Å²) in [7, 11) is 1.57. The number of anilines is 2. The van der Waals surface area contributed by atoms with Gasteiger partial charge in [0.2, 0.25) is 0 Å². The van der Waals surface area contributed by atoms with Crippen molar-refractivity contribution in [2.45, 2.75) is 0 Å². The molecule has 1 aromatic heterocycles.